The van der Waals surface area contributed by atoms with Gasteiger partial charge >= 0.3 is 0 Å². The van der Waals surface area contributed by atoms with Crippen molar-refractivity contribution in [3.8, 4) is 0 Å². The standard InChI is InChI=1S/C23H31NO2/c1-3-22-10-7-18-17-6-5-16(24-25)14-19(17)15(2)13-20(18)21(22)8-11-23(22)9-4-12-26-23/h4,9,14,16-18,20-21H,2-3,5-8,10-13H2,1H3/t16?,17-,18?,20?,21?,22+,23+/m1/s1. The van der Waals surface area contributed by atoms with E-state index in [9.17, 15) is 4.91 Å². The quantitative estimate of drug-likeness (QED) is 0.480. The Morgan fingerprint density at radius 1 is 1.23 bits per heavy atom. The van der Waals surface area contributed by atoms with Crippen LogP contribution in [0.2, 0.25) is 0 Å². The van der Waals surface area contributed by atoms with Crippen molar-refractivity contribution in [2.24, 2.45) is 34.3 Å². The zero-order valence-electron chi connectivity index (χ0n) is 16.0. The summed E-state index contributed by atoms with van der Waals surface area (Å²) < 4.78 is 6.41. The Bertz CT molecular complexity index is 694. The van der Waals surface area contributed by atoms with Crippen LogP contribution in [0.25, 0.3) is 0 Å². The van der Waals surface area contributed by atoms with E-state index in [-0.39, 0.29) is 11.6 Å². The minimum absolute atomic E-state index is 0.00787. The van der Waals surface area contributed by atoms with Crippen LogP contribution >= 0.6 is 0 Å². The number of ether oxygens (including phenoxy) is 1. The molecule has 0 aromatic rings. The summed E-state index contributed by atoms with van der Waals surface area (Å²) in [6, 6.07) is -0.125. The molecule has 0 N–H and O–H groups in total. The van der Waals surface area contributed by atoms with E-state index in [0.717, 1.165) is 43.6 Å². The highest BCUT2D eigenvalue weighted by atomic mass is 16.5. The van der Waals surface area contributed by atoms with Crippen molar-refractivity contribution in [3.05, 3.63) is 40.9 Å². The SMILES string of the molecule is C=C1CC2C(CC[C@@]3(CC)C2CC[C@@]32C=CCO2)[C@H]2CCC(N=O)C=C12. The Kier molecular flexibility index (Phi) is 3.83. The van der Waals surface area contributed by atoms with Crippen LogP contribution in [0.4, 0.5) is 0 Å². The number of hydrogen-bond acceptors (Lipinski definition) is 3. The third-order valence-corrected chi connectivity index (χ3v) is 8.91. The average Bonchev–Trinajstić information content (AvgIpc) is 3.28. The smallest absolute Gasteiger partial charge is 0.111 e. The number of nitroso groups, excluding NO2 is 1. The first-order chi connectivity index (χ1) is 12.6. The molecule has 0 bridgehead atoms. The monoisotopic (exact) mass is 353 g/mol. The molecule has 5 rings (SSSR count). The van der Waals surface area contributed by atoms with E-state index in [2.05, 4.69) is 36.9 Å². The van der Waals surface area contributed by atoms with Crippen LogP contribution in [-0.4, -0.2) is 18.2 Å². The van der Waals surface area contributed by atoms with Gasteiger partial charge in [-0.1, -0.05) is 42.5 Å². The van der Waals surface area contributed by atoms with E-state index in [0.29, 0.717) is 11.3 Å². The third kappa shape index (κ3) is 2.04. The molecule has 140 valence electrons. The largest absolute Gasteiger partial charge is 0.366 e. The third-order valence-electron chi connectivity index (χ3n) is 8.91. The maximum absolute atomic E-state index is 11.1. The Hall–Kier alpha value is -1.22. The van der Waals surface area contributed by atoms with Crippen LogP contribution in [0.5, 0.6) is 0 Å². The first-order valence-electron chi connectivity index (χ1n) is 10.7. The van der Waals surface area contributed by atoms with Gasteiger partial charge in [0.1, 0.15) is 6.04 Å². The minimum atomic E-state index is -0.125. The Balaban J connectivity index is 1.50. The van der Waals surface area contributed by atoms with Gasteiger partial charge in [0.2, 0.25) is 0 Å². The van der Waals surface area contributed by atoms with Gasteiger partial charge < -0.3 is 4.74 Å². The van der Waals surface area contributed by atoms with E-state index in [1.165, 1.54) is 43.3 Å². The van der Waals surface area contributed by atoms with Crippen LogP contribution in [-0.2, 0) is 4.74 Å². The topological polar surface area (TPSA) is 38.7 Å². The molecule has 3 saturated carbocycles. The van der Waals surface area contributed by atoms with E-state index in [1.807, 2.05) is 0 Å². The second kappa shape index (κ2) is 5.89. The molecule has 0 saturated heterocycles. The van der Waals surface area contributed by atoms with Crippen LogP contribution < -0.4 is 0 Å². The summed E-state index contributed by atoms with van der Waals surface area (Å²) in [6.07, 6.45) is 16.3. The molecule has 4 unspecified atom stereocenters. The zero-order valence-corrected chi connectivity index (χ0v) is 16.0. The van der Waals surface area contributed by atoms with Crippen molar-refractivity contribution >= 4 is 0 Å². The van der Waals surface area contributed by atoms with E-state index >= 15 is 0 Å². The molecule has 4 aliphatic carbocycles. The number of allylic oxidation sites excluding steroid dienone is 2. The lowest BCUT2D eigenvalue weighted by atomic mass is 9.49. The van der Waals surface area contributed by atoms with E-state index in [4.69, 9.17) is 4.74 Å². The lowest BCUT2D eigenvalue weighted by Crippen LogP contribution is -2.53. The predicted octanol–water partition coefficient (Wildman–Crippen LogP) is 5.58. The fourth-order valence-electron chi connectivity index (χ4n) is 7.88. The van der Waals surface area contributed by atoms with Crippen molar-refractivity contribution in [1.29, 1.82) is 0 Å². The van der Waals surface area contributed by atoms with Crippen LogP contribution in [0, 0.1) is 34.0 Å². The highest BCUT2D eigenvalue weighted by Crippen LogP contribution is 2.68. The maximum atomic E-state index is 11.1. The van der Waals surface area contributed by atoms with Crippen LogP contribution in [0.15, 0.2) is 41.1 Å². The van der Waals surface area contributed by atoms with Gasteiger partial charge in [-0.25, -0.2) is 0 Å². The molecule has 1 heterocycles. The Morgan fingerprint density at radius 2 is 2.12 bits per heavy atom. The van der Waals surface area contributed by atoms with Crippen molar-refractivity contribution in [3.63, 3.8) is 0 Å². The summed E-state index contributed by atoms with van der Waals surface area (Å²) in [7, 11) is 0. The second-order valence-electron chi connectivity index (χ2n) is 9.41. The summed E-state index contributed by atoms with van der Waals surface area (Å²) in [6.45, 7) is 7.64. The summed E-state index contributed by atoms with van der Waals surface area (Å²) in [4.78, 5) is 11.1. The maximum Gasteiger partial charge on any atom is 0.111 e. The number of fused-ring (bicyclic) bond motifs is 6. The van der Waals surface area contributed by atoms with Crippen molar-refractivity contribution in [2.45, 2.75) is 69.9 Å². The summed E-state index contributed by atoms with van der Waals surface area (Å²) in [5.41, 5.74) is 3.01. The molecule has 7 atom stereocenters. The summed E-state index contributed by atoms with van der Waals surface area (Å²) >= 11 is 0. The van der Waals surface area contributed by atoms with Gasteiger partial charge in [-0.05, 0) is 80.6 Å². The Labute approximate surface area is 156 Å². The number of nitrogens with zero attached hydrogens (tertiary/aromatic N) is 1. The van der Waals surface area contributed by atoms with Gasteiger partial charge in [0.15, 0.2) is 0 Å². The van der Waals surface area contributed by atoms with Crippen LogP contribution in [0.3, 0.4) is 0 Å². The van der Waals surface area contributed by atoms with Crippen molar-refractivity contribution in [1.82, 2.24) is 0 Å². The van der Waals surface area contributed by atoms with Crippen LogP contribution in [0.1, 0.15) is 58.3 Å². The first-order valence-corrected chi connectivity index (χ1v) is 10.7. The summed E-state index contributed by atoms with van der Waals surface area (Å²) in [5.74, 6) is 2.89. The molecule has 0 aromatic carbocycles. The predicted molar refractivity (Wildman–Crippen MR) is 104 cm³/mol. The molecule has 3 fully saturated rings. The molecule has 26 heavy (non-hydrogen) atoms. The fourth-order valence-corrected chi connectivity index (χ4v) is 7.88. The molecule has 1 spiro atoms. The van der Waals surface area contributed by atoms with E-state index < -0.39 is 0 Å². The highest BCUT2D eigenvalue weighted by Gasteiger charge is 2.64. The molecule has 0 radical (unpaired) electrons. The van der Waals surface area contributed by atoms with Gasteiger partial charge in [-0.15, -0.1) is 0 Å². The van der Waals surface area contributed by atoms with Gasteiger partial charge in [-0.2, -0.15) is 4.91 Å². The molecule has 0 aromatic heterocycles. The first kappa shape index (κ1) is 16.9. The van der Waals surface area contributed by atoms with Crippen molar-refractivity contribution < 1.29 is 4.74 Å². The van der Waals surface area contributed by atoms with Gasteiger partial charge in [-0.3, -0.25) is 0 Å². The normalized spacial score (nSPS) is 49.5. The molecule has 5 aliphatic rings. The van der Waals surface area contributed by atoms with Gasteiger partial charge in [0.05, 0.1) is 12.2 Å². The number of rotatable bonds is 2. The molecule has 3 heteroatoms. The van der Waals surface area contributed by atoms with Gasteiger partial charge in [0, 0.05) is 5.41 Å². The van der Waals surface area contributed by atoms with Crippen molar-refractivity contribution in [2.75, 3.05) is 6.61 Å². The molecular formula is C23H31NO2. The molecule has 3 nitrogen and oxygen atoms in total. The second-order valence-corrected chi connectivity index (χ2v) is 9.41. The Morgan fingerprint density at radius 3 is 2.85 bits per heavy atom. The van der Waals surface area contributed by atoms with Gasteiger partial charge in [0.25, 0.3) is 0 Å². The fraction of sp³-hybridized carbons (Fsp3) is 0.739. The molecule has 1 aliphatic heterocycles. The average molecular weight is 354 g/mol. The lowest BCUT2D eigenvalue weighted by Gasteiger charge is -2.57. The zero-order chi connectivity index (χ0) is 17.9. The lowest BCUT2D eigenvalue weighted by molar-refractivity contribution is -0.120. The highest BCUT2D eigenvalue weighted by molar-refractivity contribution is 5.39. The minimum Gasteiger partial charge on any atom is -0.366 e. The summed E-state index contributed by atoms with van der Waals surface area (Å²) in [5, 5.41) is 3.31. The number of hydrogen-bond donors (Lipinski definition) is 0. The molecular weight excluding hydrogens is 322 g/mol. The van der Waals surface area contributed by atoms with E-state index in [1.54, 1.807) is 0 Å². The molecule has 0 amide bonds.